The third kappa shape index (κ3) is 25.2. The normalized spacial score (nSPS) is 13.0. The van der Waals surface area contributed by atoms with Gasteiger partial charge in [0, 0.05) is 25.8 Å². The van der Waals surface area contributed by atoms with Crippen LogP contribution in [-0.4, -0.2) is 83.6 Å². The van der Waals surface area contributed by atoms with E-state index in [-0.39, 0.29) is 12.3 Å². The predicted octanol–water partition coefficient (Wildman–Crippen LogP) is 5.94. The van der Waals surface area contributed by atoms with Crippen molar-refractivity contribution < 1.29 is 22.4 Å². The number of ether oxygens (including phenoxy) is 1. The van der Waals surface area contributed by atoms with Crippen LogP contribution < -0.4 is 10.0 Å². The SMILES string of the molecule is CCCCCCCCCCCCCCCCSCC(CNS(=O)(=O)CCC[N+](C)(C)C)OC(=O)NC. The number of nitrogens with zero attached hydrogens (tertiary/aromatic N) is 1. The van der Waals surface area contributed by atoms with E-state index < -0.39 is 22.2 Å². The van der Waals surface area contributed by atoms with Crippen molar-refractivity contribution in [1.82, 2.24) is 10.0 Å². The minimum absolute atomic E-state index is 0.0847. The highest BCUT2D eigenvalue weighted by Gasteiger charge is 2.19. The highest BCUT2D eigenvalue weighted by Crippen LogP contribution is 2.15. The van der Waals surface area contributed by atoms with Crippen LogP contribution in [0.2, 0.25) is 0 Å². The number of hydrogen-bond acceptors (Lipinski definition) is 5. The first-order valence-corrected chi connectivity index (χ1v) is 17.1. The van der Waals surface area contributed by atoms with Crippen molar-refractivity contribution in [3.05, 3.63) is 0 Å². The summed E-state index contributed by atoms with van der Waals surface area (Å²) in [5.74, 6) is 1.68. The van der Waals surface area contributed by atoms with Crippen LogP contribution in [0.25, 0.3) is 0 Å². The summed E-state index contributed by atoms with van der Waals surface area (Å²) >= 11 is 1.73. The minimum atomic E-state index is -3.38. The second-order valence-electron chi connectivity index (χ2n) is 11.0. The Morgan fingerprint density at radius 2 is 1.33 bits per heavy atom. The molecule has 36 heavy (non-hydrogen) atoms. The number of carbonyl (C=O) groups excluding carboxylic acids is 1. The van der Waals surface area contributed by atoms with Gasteiger partial charge < -0.3 is 14.5 Å². The van der Waals surface area contributed by atoms with Gasteiger partial charge in [0.25, 0.3) is 0 Å². The molecule has 0 fully saturated rings. The van der Waals surface area contributed by atoms with Crippen LogP contribution in [0.15, 0.2) is 0 Å². The molecule has 0 saturated heterocycles. The van der Waals surface area contributed by atoms with Crippen LogP contribution >= 0.6 is 11.8 Å². The van der Waals surface area contributed by atoms with E-state index in [9.17, 15) is 13.2 Å². The van der Waals surface area contributed by atoms with Gasteiger partial charge in [-0.3, -0.25) is 0 Å². The predicted molar refractivity (Wildman–Crippen MR) is 156 cm³/mol. The number of amides is 1. The van der Waals surface area contributed by atoms with Gasteiger partial charge >= 0.3 is 6.09 Å². The fourth-order valence-electron chi connectivity index (χ4n) is 3.98. The molecule has 216 valence electrons. The summed E-state index contributed by atoms with van der Waals surface area (Å²) in [6.45, 7) is 3.17. The van der Waals surface area contributed by atoms with Crippen LogP contribution in [-0.2, 0) is 14.8 Å². The van der Waals surface area contributed by atoms with Crippen LogP contribution in [0, 0.1) is 0 Å². The van der Waals surface area contributed by atoms with Crippen molar-refractivity contribution in [2.24, 2.45) is 0 Å². The molecule has 0 heterocycles. The molecule has 1 amide bonds. The molecule has 9 heteroatoms. The number of sulfonamides is 1. The quantitative estimate of drug-likeness (QED) is 0.108. The molecule has 0 bridgehead atoms. The van der Waals surface area contributed by atoms with Gasteiger partial charge in [-0.25, -0.2) is 17.9 Å². The molecule has 0 saturated carbocycles. The number of nitrogens with one attached hydrogen (secondary N) is 2. The lowest BCUT2D eigenvalue weighted by Crippen LogP contribution is -2.40. The number of thioether (sulfide) groups is 1. The Bertz CT molecular complexity index is 625. The zero-order chi connectivity index (χ0) is 27.1. The lowest BCUT2D eigenvalue weighted by molar-refractivity contribution is -0.870. The minimum Gasteiger partial charge on any atom is -0.444 e. The van der Waals surface area contributed by atoms with Crippen LogP contribution in [0.1, 0.15) is 103 Å². The number of quaternary nitrogens is 1. The first-order valence-electron chi connectivity index (χ1n) is 14.3. The molecule has 0 aliphatic rings. The smallest absolute Gasteiger partial charge is 0.407 e. The molecular formula is C27H58N3O4S2+. The second kappa shape index (κ2) is 22.5. The molecule has 0 rings (SSSR count). The Morgan fingerprint density at radius 3 is 1.81 bits per heavy atom. The van der Waals surface area contributed by atoms with Crippen molar-refractivity contribution in [3.8, 4) is 0 Å². The summed E-state index contributed by atoms with van der Waals surface area (Å²) in [5, 5.41) is 2.45. The molecule has 0 radical (unpaired) electrons. The van der Waals surface area contributed by atoms with E-state index in [1.54, 1.807) is 11.8 Å². The van der Waals surface area contributed by atoms with Crippen LogP contribution in [0.4, 0.5) is 4.79 Å². The van der Waals surface area contributed by atoms with Gasteiger partial charge in [-0.2, -0.15) is 11.8 Å². The first-order chi connectivity index (χ1) is 17.1. The van der Waals surface area contributed by atoms with E-state index in [1.807, 2.05) is 21.1 Å². The first kappa shape index (κ1) is 35.5. The van der Waals surface area contributed by atoms with E-state index in [0.29, 0.717) is 12.2 Å². The van der Waals surface area contributed by atoms with Gasteiger partial charge in [0.05, 0.1) is 33.4 Å². The monoisotopic (exact) mass is 552 g/mol. The number of alkyl carbamates (subject to hydrolysis) is 1. The molecule has 1 atom stereocenters. The molecule has 0 aliphatic carbocycles. The highest BCUT2D eigenvalue weighted by atomic mass is 32.2. The topological polar surface area (TPSA) is 84.5 Å². The molecule has 0 aromatic heterocycles. The molecule has 1 unspecified atom stereocenters. The summed E-state index contributed by atoms with van der Waals surface area (Å²) in [5.41, 5.74) is 0. The molecule has 7 nitrogen and oxygen atoms in total. The Labute approximate surface area is 227 Å². The van der Waals surface area contributed by atoms with Gasteiger partial charge in [0.15, 0.2) is 0 Å². The van der Waals surface area contributed by atoms with Crippen LogP contribution in [0.5, 0.6) is 0 Å². The maximum absolute atomic E-state index is 12.3. The van der Waals surface area contributed by atoms with Gasteiger partial charge in [0.2, 0.25) is 10.0 Å². The Balaban J connectivity index is 3.89. The fourth-order valence-corrected chi connectivity index (χ4v) is 6.10. The van der Waals surface area contributed by atoms with E-state index in [0.717, 1.165) is 23.2 Å². The maximum atomic E-state index is 12.3. The third-order valence-corrected chi connectivity index (χ3v) is 8.81. The van der Waals surface area contributed by atoms with E-state index >= 15 is 0 Å². The number of rotatable bonds is 25. The third-order valence-electron chi connectivity index (χ3n) is 6.20. The summed E-state index contributed by atoms with van der Waals surface area (Å²) in [4.78, 5) is 11.7. The highest BCUT2D eigenvalue weighted by molar-refractivity contribution is 7.99. The molecule has 0 aliphatic heterocycles. The average molecular weight is 553 g/mol. The summed E-state index contributed by atoms with van der Waals surface area (Å²) in [6, 6.07) is 0. The van der Waals surface area contributed by atoms with Gasteiger partial charge in [-0.05, 0) is 12.2 Å². The fraction of sp³-hybridized carbons (Fsp3) is 0.963. The van der Waals surface area contributed by atoms with Crippen LogP contribution in [0.3, 0.4) is 0 Å². The van der Waals surface area contributed by atoms with Crippen molar-refractivity contribution in [3.63, 3.8) is 0 Å². The van der Waals surface area contributed by atoms with Gasteiger partial charge in [-0.15, -0.1) is 0 Å². The molecule has 0 aromatic carbocycles. The Kier molecular flexibility index (Phi) is 22.2. The summed E-state index contributed by atoms with van der Waals surface area (Å²) in [7, 11) is 4.26. The number of carbonyl (C=O) groups is 1. The standard InChI is InChI=1S/C27H57N3O4S2/c1-6-7-8-9-10-11-12-13-14-15-16-17-18-19-22-35-25-26(34-27(31)28-2)24-29-36(32,33)23-20-21-30(3,4)5/h26,29H,6-25H2,1-5H3/p+1. The number of hydrogen-bond donors (Lipinski definition) is 2. The largest absolute Gasteiger partial charge is 0.444 e. The van der Waals surface area contributed by atoms with Crippen molar-refractivity contribution in [2.45, 2.75) is 109 Å². The van der Waals surface area contributed by atoms with E-state index in [1.165, 1.54) is 90.5 Å². The van der Waals surface area contributed by atoms with E-state index in [2.05, 4.69) is 17.0 Å². The lowest BCUT2D eigenvalue weighted by Gasteiger charge is -2.23. The summed E-state index contributed by atoms with van der Waals surface area (Å²) < 4.78 is 33.4. The maximum Gasteiger partial charge on any atom is 0.407 e. The van der Waals surface area contributed by atoms with Gasteiger partial charge in [0.1, 0.15) is 6.10 Å². The van der Waals surface area contributed by atoms with Gasteiger partial charge in [-0.1, -0.05) is 90.4 Å². The van der Waals surface area contributed by atoms with Crippen molar-refractivity contribution in [2.75, 3.05) is 58.5 Å². The molecular weight excluding hydrogens is 494 g/mol. The lowest BCUT2D eigenvalue weighted by atomic mass is 10.0. The van der Waals surface area contributed by atoms with Crippen molar-refractivity contribution in [1.29, 1.82) is 0 Å². The zero-order valence-corrected chi connectivity index (χ0v) is 25.7. The average Bonchev–Trinajstić information content (AvgIpc) is 2.81. The van der Waals surface area contributed by atoms with Crippen molar-refractivity contribution >= 4 is 27.9 Å². The molecule has 0 aromatic rings. The Morgan fingerprint density at radius 1 is 0.833 bits per heavy atom. The Hall–Kier alpha value is -0.510. The zero-order valence-electron chi connectivity index (χ0n) is 24.1. The number of unbranched alkanes of at least 4 members (excludes halogenated alkanes) is 13. The molecule has 2 N–H and O–H groups in total. The van der Waals surface area contributed by atoms with E-state index in [4.69, 9.17) is 4.74 Å². The second-order valence-corrected chi connectivity index (χ2v) is 14.1. The molecule has 0 spiro atoms. The summed E-state index contributed by atoms with van der Waals surface area (Å²) in [6.07, 6.45) is 18.4.